The van der Waals surface area contributed by atoms with Gasteiger partial charge in [-0.15, -0.1) is 0 Å². The van der Waals surface area contributed by atoms with Crippen molar-refractivity contribution in [2.75, 3.05) is 44.6 Å². The van der Waals surface area contributed by atoms with E-state index >= 15 is 0 Å². The fourth-order valence-electron chi connectivity index (χ4n) is 3.46. The van der Waals surface area contributed by atoms with Gasteiger partial charge in [0.15, 0.2) is 11.5 Å². The average Bonchev–Trinajstić information content (AvgIpc) is 2.76. The van der Waals surface area contributed by atoms with Gasteiger partial charge in [0.25, 0.3) is 5.91 Å². The van der Waals surface area contributed by atoms with Crippen molar-refractivity contribution in [2.45, 2.75) is 6.10 Å². The number of para-hydroxylation sites is 2. The first kappa shape index (κ1) is 20.1. The Kier molecular flexibility index (Phi) is 5.80. The lowest BCUT2D eigenvalue weighted by Crippen LogP contribution is -2.54. The number of nitrogens with one attached hydrogen (secondary N) is 1. The van der Waals surface area contributed by atoms with Crippen LogP contribution in [0.1, 0.15) is 0 Å². The average molecular weight is 417 g/mol. The van der Waals surface area contributed by atoms with E-state index in [1.165, 1.54) is 0 Å². The highest BCUT2D eigenvalue weighted by Crippen LogP contribution is 2.31. The second kappa shape index (κ2) is 8.66. The highest BCUT2D eigenvalue weighted by atomic mass is 19.1. The van der Waals surface area contributed by atoms with Crippen LogP contribution in [0.2, 0.25) is 0 Å². The highest BCUT2D eigenvalue weighted by Gasteiger charge is 2.32. The van der Waals surface area contributed by atoms with Gasteiger partial charge in [-0.3, -0.25) is 14.5 Å². The lowest BCUT2D eigenvalue weighted by Gasteiger charge is -2.36. The van der Waals surface area contributed by atoms with Crippen LogP contribution in [0.4, 0.5) is 14.5 Å². The Morgan fingerprint density at radius 3 is 2.53 bits per heavy atom. The number of fused-ring (bicyclic) bond motifs is 1. The molecular formula is C21H21F2N3O4. The summed E-state index contributed by atoms with van der Waals surface area (Å²) in [5, 5.41) is 2.38. The molecule has 2 heterocycles. The Morgan fingerprint density at radius 1 is 1.03 bits per heavy atom. The lowest BCUT2D eigenvalue weighted by atomic mass is 10.2. The predicted octanol–water partition coefficient (Wildman–Crippen LogP) is 1.89. The number of carbonyl (C=O) groups is 2. The van der Waals surface area contributed by atoms with Gasteiger partial charge < -0.3 is 19.7 Å². The maximum absolute atomic E-state index is 13.7. The smallest absolute Gasteiger partial charge is 0.267 e. The normalized spacial score (nSPS) is 18.7. The molecule has 0 bridgehead atoms. The van der Waals surface area contributed by atoms with Crippen LogP contribution < -0.4 is 14.8 Å². The van der Waals surface area contributed by atoms with E-state index in [1.807, 2.05) is 17.0 Å². The molecule has 0 saturated carbocycles. The van der Waals surface area contributed by atoms with Gasteiger partial charge in [0, 0.05) is 32.2 Å². The van der Waals surface area contributed by atoms with E-state index in [-0.39, 0.29) is 24.7 Å². The Bertz CT molecular complexity index is 948. The Hall–Kier alpha value is -3.20. The van der Waals surface area contributed by atoms with Crippen LogP contribution in [0.25, 0.3) is 0 Å². The molecule has 1 saturated heterocycles. The molecule has 1 fully saturated rings. The zero-order chi connectivity index (χ0) is 21.1. The summed E-state index contributed by atoms with van der Waals surface area (Å²) in [5.74, 6) is -0.767. The number of piperazine rings is 1. The van der Waals surface area contributed by atoms with Crippen molar-refractivity contribution in [3.8, 4) is 11.5 Å². The molecule has 2 aromatic rings. The Labute approximate surface area is 172 Å². The monoisotopic (exact) mass is 417 g/mol. The van der Waals surface area contributed by atoms with Gasteiger partial charge >= 0.3 is 0 Å². The molecule has 7 nitrogen and oxygen atoms in total. The summed E-state index contributed by atoms with van der Waals surface area (Å²) < 4.78 is 38.3. The van der Waals surface area contributed by atoms with E-state index < -0.39 is 23.6 Å². The number of anilines is 1. The Balaban J connectivity index is 1.26. The SMILES string of the molecule is O=C(CN1CCN(C(=O)[C@H]2COc3ccccc3O2)CC1)Nc1cc(F)ccc1F. The summed E-state index contributed by atoms with van der Waals surface area (Å²) in [7, 11) is 0. The summed E-state index contributed by atoms with van der Waals surface area (Å²) >= 11 is 0. The van der Waals surface area contributed by atoms with Crippen LogP contribution >= 0.6 is 0 Å². The molecule has 2 amide bonds. The molecule has 2 aliphatic rings. The van der Waals surface area contributed by atoms with E-state index in [0.29, 0.717) is 37.7 Å². The highest BCUT2D eigenvalue weighted by molar-refractivity contribution is 5.92. The summed E-state index contributed by atoms with van der Waals surface area (Å²) in [5.41, 5.74) is -0.191. The molecule has 9 heteroatoms. The van der Waals surface area contributed by atoms with Gasteiger partial charge in [-0.05, 0) is 24.3 Å². The number of rotatable bonds is 4. The van der Waals surface area contributed by atoms with Gasteiger partial charge in [0.05, 0.1) is 12.2 Å². The third kappa shape index (κ3) is 4.51. The lowest BCUT2D eigenvalue weighted by molar-refractivity contribution is -0.143. The first-order valence-corrected chi connectivity index (χ1v) is 9.64. The maximum Gasteiger partial charge on any atom is 0.267 e. The molecular weight excluding hydrogens is 396 g/mol. The molecule has 0 unspecified atom stereocenters. The standard InChI is InChI=1S/C21H21F2N3O4/c22-14-5-6-15(23)16(11-14)24-20(27)12-25-7-9-26(10-8-25)21(28)19-13-29-17-3-1-2-4-18(17)30-19/h1-6,11,19H,7-10,12-13H2,(H,24,27)/t19-/m1/s1. The van der Waals surface area contributed by atoms with Gasteiger partial charge in [-0.1, -0.05) is 12.1 Å². The summed E-state index contributed by atoms with van der Waals surface area (Å²) in [6.07, 6.45) is -0.703. The van der Waals surface area contributed by atoms with Gasteiger partial charge in [-0.2, -0.15) is 0 Å². The van der Waals surface area contributed by atoms with Crippen LogP contribution in [0.15, 0.2) is 42.5 Å². The number of ether oxygens (including phenoxy) is 2. The van der Waals surface area contributed by atoms with Crippen LogP contribution in [0.3, 0.4) is 0 Å². The number of nitrogens with zero attached hydrogens (tertiary/aromatic N) is 2. The van der Waals surface area contributed by atoms with Crippen molar-refractivity contribution in [1.29, 1.82) is 0 Å². The molecule has 4 rings (SSSR count). The van der Waals surface area contributed by atoms with Crippen molar-refractivity contribution in [3.63, 3.8) is 0 Å². The third-order valence-corrected chi connectivity index (χ3v) is 5.04. The van der Waals surface area contributed by atoms with E-state index in [1.54, 1.807) is 17.0 Å². The van der Waals surface area contributed by atoms with Crippen LogP contribution in [-0.4, -0.2) is 67.0 Å². The first-order valence-electron chi connectivity index (χ1n) is 9.64. The van der Waals surface area contributed by atoms with Crippen molar-refractivity contribution >= 4 is 17.5 Å². The van der Waals surface area contributed by atoms with Gasteiger partial charge in [-0.25, -0.2) is 8.78 Å². The second-order valence-corrected chi connectivity index (χ2v) is 7.14. The molecule has 1 N–H and O–H groups in total. The minimum atomic E-state index is -0.703. The quantitative estimate of drug-likeness (QED) is 0.823. The first-order chi connectivity index (χ1) is 14.5. The molecule has 0 spiro atoms. The zero-order valence-corrected chi connectivity index (χ0v) is 16.1. The van der Waals surface area contributed by atoms with Crippen LogP contribution in [-0.2, 0) is 9.59 Å². The minimum absolute atomic E-state index is 0.0222. The van der Waals surface area contributed by atoms with E-state index in [9.17, 15) is 18.4 Å². The summed E-state index contributed by atoms with van der Waals surface area (Å²) in [6.45, 7) is 2.00. The maximum atomic E-state index is 13.7. The van der Waals surface area contributed by atoms with Crippen LogP contribution in [0, 0.1) is 11.6 Å². The summed E-state index contributed by atoms with van der Waals surface area (Å²) in [4.78, 5) is 28.4. The number of benzene rings is 2. The number of hydrogen-bond acceptors (Lipinski definition) is 5. The van der Waals surface area contributed by atoms with E-state index in [4.69, 9.17) is 9.47 Å². The van der Waals surface area contributed by atoms with Gasteiger partial charge in [0.1, 0.15) is 18.2 Å². The van der Waals surface area contributed by atoms with Crippen molar-refractivity contribution < 1.29 is 27.8 Å². The fraction of sp³-hybridized carbons (Fsp3) is 0.333. The number of hydrogen-bond donors (Lipinski definition) is 1. The molecule has 30 heavy (non-hydrogen) atoms. The Morgan fingerprint density at radius 2 is 1.77 bits per heavy atom. The van der Waals surface area contributed by atoms with Crippen molar-refractivity contribution in [1.82, 2.24) is 9.80 Å². The van der Waals surface area contributed by atoms with Crippen molar-refractivity contribution in [3.05, 3.63) is 54.1 Å². The topological polar surface area (TPSA) is 71.1 Å². The predicted molar refractivity (Wildman–Crippen MR) is 104 cm³/mol. The zero-order valence-electron chi connectivity index (χ0n) is 16.1. The number of amides is 2. The van der Waals surface area contributed by atoms with E-state index in [2.05, 4.69) is 5.32 Å². The largest absolute Gasteiger partial charge is 0.485 e. The molecule has 0 aromatic heterocycles. The van der Waals surface area contributed by atoms with Crippen LogP contribution in [0.5, 0.6) is 11.5 Å². The van der Waals surface area contributed by atoms with Gasteiger partial charge in [0.2, 0.25) is 12.0 Å². The molecule has 158 valence electrons. The molecule has 2 aromatic carbocycles. The van der Waals surface area contributed by atoms with E-state index in [0.717, 1.165) is 18.2 Å². The number of carbonyl (C=O) groups excluding carboxylic acids is 2. The van der Waals surface area contributed by atoms with Crippen molar-refractivity contribution in [2.24, 2.45) is 0 Å². The molecule has 0 aliphatic carbocycles. The minimum Gasteiger partial charge on any atom is -0.485 e. The fourth-order valence-corrected chi connectivity index (χ4v) is 3.46. The number of halogens is 2. The molecule has 0 radical (unpaired) electrons. The summed E-state index contributed by atoms with van der Waals surface area (Å²) in [6, 6.07) is 10.1. The second-order valence-electron chi connectivity index (χ2n) is 7.14. The molecule has 1 atom stereocenters. The third-order valence-electron chi connectivity index (χ3n) is 5.04. The molecule has 2 aliphatic heterocycles.